The van der Waals surface area contributed by atoms with E-state index in [0.717, 1.165) is 24.9 Å². The van der Waals surface area contributed by atoms with Crippen LogP contribution in [0, 0.1) is 17.3 Å². The summed E-state index contributed by atoms with van der Waals surface area (Å²) in [5, 5.41) is 3.12. The molecule has 2 amide bonds. The molecule has 0 radical (unpaired) electrons. The summed E-state index contributed by atoms with van der Waals surface area (Å²) < 4.78 is 5.65. The smallest absolute Gasteiger partial charge is 0.250 e. The molecule has 2 aromatic rings. The molecule has 1 N–H and O–H groups in total. The standard InChI is InChI=1S/C28H36N2O3/c1-20(2)18-23-24(27(23,3)4)25(31)30(19-22-14-11-17-33-22)28(15-9-6-10-16-28)26(32)29-21-12-7-5-8-13-21/h5,7-8,11-14,17-18,23-24H,6,9-10,15-16,19H2,1-4H3,(H,29,32)/t23-,24+/m0/s1. The maximum atomic E-state index is 14.2. The van der Waals surface area contributed by atoms with Crippen LogP contribution >= 0.6 is 0 Å². The van der Waals surface area contributed by atoms with Crippen LogP contribution in [0.5, 0.6) is 0 Å². The van der Waals surface area contributed by atoms with Crippen molar-refractivity contribution in [2.45, 2.75) is 71.9 Å². The van der Waals surface area contributed by atoms with E-state index in [9.17, 15) is 9.59 Å². The third kappa shape index (κ3) is 4.64. The lowest BCUT2D eigenvalue weighted by Gasteiger charge is -2.45. The van der Waals surface area contributed by atoms with Crippen LogP contribution in [0.15, 0.2) is 64.8 Å². The predicted octanol–water partition coefficient (Wildman–Crippen LogP) is 6.19. The zero-order chi connectivity index (χ0) is 23.6. The number of hydrogen-bond donors (Lipinski definition) is 1. The zero-order valence-electron chi connectivity index (χ0n) is 20.3. The van der Waals surface area contributed by atoms with E-state index in [2.05, 4.69) is 39.1 Å². The fourth-order valence-corrected chi connectivity index (χ4v) is 5.51. The summed E-state index contributed by atoms with van der Waals surface area (Å²) in [5.41, 5.74) is 0.968. The zero-order valence-corrected chi connectivity index (χ0v) is 20.3. The summed E-state index contributed by atoms with van der Waals surface area (Å²) in [4.78, 5) is 29.9. The summed E-state index contributed by atoms with van der Waals surface area (Å²) in [6.07, 6.45) is 8.11. The summed E-state index contributed by atoms with van der Waals surface area (Å²) in [7, 11) is 0. The van der Waals surface area contributed by atoms with Gasteiger partial charge in [-0.15, -0.1) is 0 Å². The molecule has 0 aliphatic heterocycles. The molecule has 1 aromatic heterocycles. The van der Waals surface area contributed by atoms with Crippen LogP contribution in [-0.2, 0) is 16.1 Å². The number of furan rings is 1. The summed E-state index contributed by atoms with van der Waals surface area (Å²) >= 11 is 0. The second kappa shape index (κ2) is 9.20. The molecule has 2 fully saturated rings. The maximum Gasteiger partial charge on any atom is 0.250 e. The van der Waals surface area contributed by atoms with E-state index in [1.807, 2.05) is 47.4 Å². The first-order valence-corrected chi connectivity index (χ1v) is 12.1. The van der Waals surface area contributed by atoms with Gasteiger partial charge in [0.2, 0.25) is 11.8 Å². The number of rotatable bonds is 7. The Labute approximate surface area is 197 Å². The summed E-state index contributed by atoms with van der Waals surface area (Å²) in [6, 6.07) is 13.2. The van der Waals surface area contributed by atoms with Gasteiger partial charge in [0.15, 0.2) is 0 Å². The molecule has 33 heavy (non-hydrogen) atoms. The molecule has 4 rings (SSSR count). The second-order valence-electron chi connectivity index (χ2n) is 10.5. The molecule has 2 aliphatic carbocycles. The molecule has 0 bridgehead atoms. The normalized spacial score (nSPS) is 22.8. The van der Waals surface area contributed by atoms with Crippen LogP contribution in [0.4, 0.5) is 5.69 Å². The SMILES string of the molecule is CC(C)=C[C@H]1[C@H](C(=O)N(Cc2ccco2)C2(C(=O)Nc3ccccc3)CCCCC2)C1(C)C. The Balaban J connectivity index is 1.71. The van der Waals surface area contributed by atoms with Crippen LogP contribution in [0.25, 0.3) is 0 Å². The van der Waals surface area contributed by atoms with Crippen LogP contribution in [0.1, 0.15) is 65.6 Å². The Morgan fingerprint density at radius 3 is 2.36 bits per heavy atom. The van der Waals surface area contributed by atoms with E-state index < -0.39 is 5.54 Å². The van der Waals surface area contributed by atoms with E-state index in [-0.39, 0.29) is 29.1 Å². The van der Waals surface area contributed by atoms with E-state index >= 15 is 0 Å². The minimum Gasteiger partial charge on any atom is -0.467 e. The van der Waals surface area contributed by atoms with Crippen molar-refractivity contribution in [3.8, 4) is 0 Å². The third-order valence-electron chi connectivity index (χ3n) is 7.50. The monoisotopic (exact) mass is 448 g/mol. The number of carbonyl (C=O) groups is 2. The number of anilines is 1. The number of nitrogens with zero attached hydrogens (tertiary/aromatic N) is 1. The van der Waals surface area contributed by atoms with Gasteiger partial charge in [-0.25, -0.2) is 0 Å². The number of nitrogens with one attached hydrogen (secondary N) is 1. The lowest BCUT2D eigenvalue weighted by molar-refractivity contribution is -0.151. The van der Waals surface area contributed by atoms with Crippen molar-refractivity contribution in [2.24, 2.45) is 17.3 Å². The molecule has 0 unspecified atom stereocenters. The number of amides is 2. The van der Waals surface area contributed by atoms with Crippen LogP contribution in [0.3, 0.4) is 0 Å². The van der Waals surface area contributed by atoms with Crippen molar-refractivity contribution in [1.29, 1.82) is 0 Å². The molecule has 2 saturated carbocycles. The molecule has 1 heterocycles. The van der Waals surface area contributed by atoms with Crippen LogP contribution in [-0.4, -0.2) is 22.3 Å². The maximum absolute atomic E-state index is 14.2. The van der Waals surface area contributed by atoms with Crippen molar-refractivity contribution in [3.63, 3.8) is 0 Å². The molecule has 2 aliphatic rings. The minimum absolute atomic E-state index is 0.0593. The molecule has 0 spiro atoms. The first-order chi connectivity index (χ1) is 15.8. The van der Waals surface area contributed by atoms with Crippen molar-refractivity contribution in [3.05, 3.63) is 66.1 Å². The van der Waals surface area contributed by atoms with Gasteiger partial charge in [-0.1, -0.05) is 63.0 Å². The average Bonchev–Trinajstić information content (AvgIpc) is 3.11. The molecule has 0 saturated heterocycles. The lowest BCUT2D eigenvalue weighted by atomic mass is 9.78. The van der Waals surface area contributed by atoms with Crippen molar-refractivity contribution < 1.29 is 14.0 Å². The van der Waals surface area contributed by atoms with Crippen LogP contribution < -0.4 is 5.32 Å². The van der Waals surface area contributed by atoms with Gasteiger partial charge in [-0.2, -0.15) is 0 Å². The quantitative estimate of drug-likeness (QED) is 0.514. The van der Waals surface area contributed by atoms with Crippen molar-refractivity contribution in [1.82, 2.24) is 4.90 Å². The first-order valence-electron chi connectivity index (χ1n) is 12.1. The molecular weight excluding hydrogens is 412 g/mol. The summed E-state index contributed by atoms with van der Waals surface area (Å²) in [6.45, 7) is 8.77. The Bertz CT molecular complexity index is 997. The largest absolute Gasteiger partial charge is 0.467 e. The first kappa shape index (κ1) is 23.3. The number of carbonyl (C=O) groups excluding carboxylic acids is 2. The fraction of sp³-hybridized carbons (Fsp3) is 0.500. The van der Waals surface area contributed by atoms with E-state index in [0.29, 0.717) is 25.1 Å². The van der Waals surface area contributed by atoms with Gasteiger partial charge in [0, 0.05) is 5.69 Å². The van der Waals surface area contributed by atoms with Gasteiger partial charge in [0.1, 0.15) is 11.3 Å². The Morgan fingerprint density at radius 1 is 1.06 bits per heavy atom. The number of allylic oxidation sites excluding steroid dienone is 2. The topological polar surface area (TPSA) is 62.6 Å². The van der Waals surface area contributed by atoms with Gasteiger partial charge in [-0.3, -0.25) is 9.59 Å². The molecule has 5 heteroatoms. The van der Waals surface area contributed by atoms with Crippen molar-refractivity contribution in [2.75, 3.05) is 5.32 Å². The highest BCUT2D eigenvalue weighted by Crippen LogP contribution is 2.60. The van der Waals surface area contributed by atoms with Crippen LogP contribution in [0.2, 0.25) is 0 Å². The third-order valence-corrected chi connectivity index (χ3v) is 7.50. The molecule has 176 valence electrons. The Morgan fingerprint density at radius 2 is 1.76 bits per heavy atom. The number of para-hydroxylation sites is 1. The fourth-order valence-electron chi connectivity index (χ4n) is 5.51. The highest BCUT2D eigenvalue weighted by molar-refractivity contribution is 6.01. The second-order valence-corrected chi connectivity index (χ2v) is 10.5. The molecule has 1 aromatic carbocycles. The van der Waals surface area contributed by atoms with E-state index in [4.69, 9.17) is 4.42 Å². The van der Waals surface area contributed by atoms with E-state index in [1.165, 1.54) is 5.57 Å². The van der Waals surface area contributed by atoms with Gasteiger partial charge in [0.05, 0.1) is 18.7 Å². The van der Waals surface area contributed by atoms with Gasteiger partial charge < -0.3 is 14.6 Å². The summed E-state index contributed by atoms with van der Waals surface area (Å²) in [5.74, 6) is 0.727. The minimum atomic E-state index is -0.883. The lowest BCUT2D eigenvalue weighted by Crippen LogP contribution is -2.60. The van der Waals surface area contributed by atoms with Gasteiger partial charge in [0.25, 0.3) is 0 Å². The van der Waals surface area contributed by atoms with Crippen molar-refractivity contribution >= 4 is 17.5 Å². The van der Waals surface area contributed by atoms with E-state index in [1.54, 1.807) is 6.26 Å². The predicted molar refractivity (Wildman–Crippen MR) is 130 cm³/mol. The molecule has 2 atom stereocenters. The number of hydrogen-bond acceptors (Lipinski definition) is 3. The Hall–Kier alpha value is -2.82. The highest BCUT2D eigenvalue weighted by Gasteiger charge is 2.63. The molecular formula is C28H36N2O3. The Kier molecular flexibility index (Phi) is 6.51. The van der Waals surface area contributed by atoms with Gasteiger partial charge >= 0.3 is 0 Å². The average molecular weight is 449 g/mol. The number of benzene rings is 1. The highest BCUT2D eigenvalue weighted by atomic mass is 16.3. The molecule has 5 nitrogen and oxygen atoms in total. The van der Waals surface area contributed by atoms with Gasteiger partial charge in [-0.05, 0) is 62.3 Å².